The molecule has 0 saturated carbocycles. The Kier molecular flexibility index (Phi) is 4.44. The van der Waals surface area contributed by atoms with Crippen LogP contribution in [0.15, 0.2) is 54.6 Å². The maximum absolute atomic E-state index is 12.7. The second kappa shape index (κ2) is 6.69. The van der Waals surface area contributed by atoms with Gasteiger partial charge in [0.05, 0.1) is 0 Å². The van der Waals surface area contributed by atoms with Gasteiger partial charge >= 0.3 is 6.18 Å². The summed E-state index contributed by atoms with van der Waals surface area (Å²) in [5.74, 6) is 5.91. The summed E-state index contributed by atoms with van der Waals surface area (Å²) in [6, 6.07) is 15.1. The van der Waals surface area contributed by atoms with E-state index in [1.165, 1.54) is 13.1 Å². The summed E-state index contributed by atoms with van der Waals surface area (Å²) in [5, 5.41) is 3.39. The molecule has 3 aromatic rings. The Morgan fingerprint density at radius 3 is 2.44 bits per heavy atom. The van der Waals surface area contributed by atoms with E-state index in [1.807, 2.05) is 30.3 Å². The van der Waals surface area contributed by atoms with Crippen molar-refractivity contribution in [1.82, 2.24) is 14.8 Å². The first-order valence-electron chi connectivity index (χ1n) is 7.25. The van der Waals surface area contributed by atoms with Crippen LogP contribution in [0, 0.1) is 11.8 Å². The van der Waals surface area contributed by atoms with Crippen LogP contribution in [-0.4, -0.2) is 14.8 Å². The van der Waals surface area contributed by atoms with E-state index in [0.29, 0.717) is 5.69 Å². The van der Waals surface area contributed by atoms with Gasteiger partial charge in [0.2, 0.25) is 11.8 Å². The van der Waals surface area contributed by atoms with Gasteiger partial charge in [0.1, 0.15) is 5.69 Å². The first-order chi connectivity index (χ1) is 11.9. The van der Waals surface area contributed by atoms with Crippen molar-refractivity contribution in [1.29, 1.82) is 0 Å². The number of hydrogen-bond acceptors (Lipinski definition) is 3. The van der Waals surface area contributed by atoms with Crippen LogP contribution in [-0.2, 0) is 13.2 Å². The number of aryl methyl sites for hydroxylation is 1. The van der Waals surface area contributed by atoms with Gasteiger partial charge < -0.3 is 4.74 Å². The Morgan fingerprint density at radius 2 is 1.76 bits per heavy atom. The number of nitrogens with zero attached hydrogens (tertiary/aromatic N) is 3. The summed E-state index contributed by atoms with van der Waals surface area (Å²) < 4.78 is 44.4. The van der Waals surface area contributed by atoms with Crippen LogP contribution in [0.5, 0.6) is 11.8 Å². The van der Waals surface area contributed by atoms with Gasteiger partial charge in [0.15, 0.2) is 5.69 Å². The molecule has 0 atom stereocenters. The lowest BCUT2D eigenvalue weighted by Crippen LogP contribution is -2.06. The molecule has 0 N–H and O–H groups in total. The Balaban J connectivity index is 1.81. The maximum atomic E-state index is 12.7. The highest BCUT2D eigenvalue weighted by Gasteiger charge is 2.35. The third kappa shape index (κ3) is 4.18. The first-order valence-corrected chi connectivity index (χ1v) is 7.25. The second-order valence-electron chi connectivity index (χ2n) is 5.07. The van der Waals surface area contributed by atoms with E-state index < -0.39 is 11.9 Å². The zero-order chi connectivity index (χ0) is 17.9. The molecule has 4 nitrogen and oxygen atoms in total. The number of benzene rings is 1. The monoisotopic (exact) mass is 343 g/mol. The van der Waals surface area contributed by atoms with Crippen molar-refractivity contribution in [3.05, 3.63) is 71.5 Å². The predicted octanol–water partition coefficient (Wildman–Crippen LogP) is 4.03. The van der Waals surface area contributed by atoms with Crippen LogP contribution in [0.1, 0.15) is 17.0 Å². The van der Waals surface area contributed by atoms with E-state index in [2.05, 4.69) is 21.9 Å². The molecule has 2 aromatic heterocycles. The van der Waals surface area contributed by atoms with Crippen molar-refractivity contribution < 1.29 is 17.9 Å². The van der Waals surface area contributed by atoms with E-state index in [0.717, 1.165) is 16.3 Å². The molecule has 0 aliphatic rings. The van der Waals surface area contributed by atoms with Crippen molar-refractivity contribution >= 4 is 0 Å². The summed E-state index contributed by atoms with van der Waals surface area (Å²) in [5.41, 5.74) is 0.252. The molecule has 0 saturated heterocycles. The number of hydrogen-bond donors (Lipinski definition) is 0. The van der Waals surface area contributed by atoms with Crippen molar-refractivity contribution in [3.63, 3.8) is 0 Å². The standard InChI is InChI=1S/C18H12F3N3O/c1-24-17(12-15(23-24)18(19,20)21)25-16-9-5-8-14(22-16)11-10-13-6-3-2-4-7-13/h2-9,12H,1H3. The maximum Gasteiger partial charge on any atom is 0.435 e. The van der Waals surface area contributed by atoms with E-state index in [4.69, 9.17) is 4.74 Å². The van der Waals surface area contributed by atoms with Crippen LogP contribution >= 0.6 is 0 Å². The zero-order valence-corrected chi connectivity index (χ0v) is 13.1. The average Bonchev–Trinajstić information content (AvgIpc) is 2.95. The van der Waals surface area contributed by atoms with Crippen LogP contribution in [0.3, 0.4) is 0 Å². The lowest BCUT2D eigenvalue weighted by Gasteiger charge is -2.04. The van der Waals surface area contributed by atoms with Gasteiger partial charge in [-0.25, -0.2) is 9.67 Å². The van der Waals surface area contributed by atoms with Crippen molar-refractivity contribution in [2.45, 2.75) is 6.18 Å². The molecule has 0 radical (unpaired) electrons. The number of ether oxygens (including phenoxy) is 1. The Bertz CT molecular complexity index is 937. The first kappa shape index (κ1) is 16.6. The fourth-order valence-corrected chi connectivity index (χ4v) is 1.99. The fraction of sp³-hybridized carbons (Fsp3) is 0.111. The summed E-state index contributed by atoms with van der Waals surface area (Å²) in [6.07, 6.45) is -4.53. The van der Waals surface area contributed by atoms with Gasteiger partial charge in [-0.05, 0) is 24.1 Å². The smallest absolute Gasteiger partial charge is 0.421 e. The number of rotatable bonds is 2. The van der Waals surface area contributed by atoms with E-state index in [1.54, 1.807) is 12.1 Å². The number of pyridine rings is 1. The molecule has 0 aliphatic heterocycles. The van der Waals surface area contributed by atoms with Gasteiger partial charge in [-0.2, -0.15) is 18.3 Å². The normalized spacial score (nSPS) is 10.9. The number of aromatic nitrogens is 3. The molecule has 126 valence electrons. The molecule has 7 heteroatoms. The minimum Gasteiger partial charge on any atom is -0.421 e. The molecule has 0 amide bonds. The van der Waals surface area contributed by atoms with Crippen molar-refractivity contribution in [3.8, 4) is 23.6 Å². The number of alkyl halides is 3. The minimum atomic E-state index is -4.53. The minimum absolute atomic E-state index is 0.0620. The second-order valence-corrected chi connectivity index (χ2v) is 5.07. The molecule has 2 heterocycles. The van der Waals surface area contributed by atoms with E-state index >= 15 is 0 Å². The van der Waals surface area contributed by atoms with Crippen molar-refractivity contribution in [2.75, 3.05) is 0 Å². The Morgan fingerprint density at radius 1 is 1.00 bits per heavy atom. The van der Waals surface area contributed by atoms with Gasteiger partial charge in [0.25, 0.3) is 0 Å². The summed E-state index contributed by atoms with van der Waals surface area (Å²) in [4.78, 5) is 4.18. The molecular weight excluding hydrogens is 331 g/mol. The quantitative estimate of drug-likeness (QED) is 0.660. The highest BCUT2D eigenvalue weighted by atomic mass is 19.4. The number of halogens is 3. The average molecular weight is 343 g/mol. The molecule has 0 bridgehead atoms. The lowest BCUT2D eigenvalue weighted by molar-refractivity contribution is -0.141. The van der Waals surface area contributed by atoms with E-state index in [9.17, 15) is 13.2 Å². The third-order valence-corrected chi connectivity index (χ3v) is 3.17. The van der Waals surface area contributed by atoms with Gasteiger partial charge in [0, 0.05) is 24.7 Å². The van der Waals surface area contributed by atoms with Crippen LogP contribution in [0.25, 0.3) is 0 Å². The molecule has 0 aliphatic carbocycles. The van der Waals surface area contributed by atoms with Gasteiger partial charge in [-0.1, -0.05) is 30.2 Å². The lowest BCUT2D eigenvalue weighted by atomic mass is 10.2. The molecule has 3 rings (SSSR count). The summed E-state index contributed by atoms with van der Waals surface area (Å²) in [7, 11) is 1.36. The molecular formula is C18H12F3N3O. The summed E-state index contributed by atoms with van der Waals surface area (Å²) >= 11 is 0. The largest absolute Gasteiger partial charge is 0.435 e. The molecule has 0 spiro atoms. The van der Waals surface area contributed by atoms with Crippen LogP contribution in [0.2, 0.25) is 0 Å². The van der Waals surface area contributed by atoms with Crippen LogP contribution in [0.4, 0.5) is 13.2 Å². The van der Waals surface area contributed by atoms with Gasteiger partial charge in [-0.15, -0.1) is 0 Å². The van der Waals surface area contributed by atoms with Crippen molar-refractivity contribution in [2.24, 2.45) is 7.05 Å². The highest BCUT2D eigenvalue weighted by Crippen LogP contribution is 2.31. The summed E-state index contributed by atoms with van der Waals surface area (Å²) in [6.45, 7) is 0. The Labute approximate surface area is 141 Å². The SMILES string of the molecule is Cn1nc(C(F)(F)F)cc1Oc1cccc(C#Cc2ccccc2)n1. The Hall–Kier alpha value is -3.27. The molecule has 0 fully saturated rings. The predicted molar refractivity (Wildman–Crippen MR) is 84.9 cm³/mol. The topological polar surface area (TPSA) is 39.9 Å². The molecule has 0 unspecified atom stereocenters. The fourth-order valence-electron chi connectivity index (χ4n) is 1.99. The highest BCUT2D eigenvalue weighted by molar-refractivity contribution is 5.40. The third-order valence-electron chi connectivity index (χ3n) is 3.17. The van der Waals surface area contributed by atoms with E-state index in [-0.39, 0.29) is 11.8 Å². The zero-order valence-electron chi connectivity index (χ0n) is 13.1. The van der Waals surface area contributed by atoms with Gasteiger partial charge in [-0.3, -0.25) is 0 Å². The molecule has 1 aromatic carbocycles. The van der Waals surface area contributed by atoms with Crippen LogP contribution < -0.4 is 4.74 Å². The molecule has 25 heavy (non-hydrogen) atoms.